The molecular weight excluding hydrogens is 416 g/mol. The summed E-state index contributed by atoms with van der Waals surface area (Å²) in [6.07, 6.45) is 0. The predicted molar refractivity (Wildman–Crippen MR) is 109 cm³/mol. The predicted octanol–water partition coefficient (Wildman–Crippen LogP) is 0.928. The molecule has 12 nitrogen and oxygen atoms in total. The summed E-state index contributed by atoms with van der Waals surface area (Å²) in [6.45, 7) is -0.0610. The van der Waals surface area contributed by atoms with Gasteiger partial charge in [0.2, 0.25) is 0 Å². The van der Waals surface area contributed by atoms with Crippen molar-refractivity contribution in [2.45, 2.75) is 6.54 Å². The highest BCUT2D eigenvalue weighted by Crippen LogP contribution is 2.22. The molecule has 0 spiro atoms. The minimum Gasteiger partial charge on any atom is -0.357 e. The lowest BCUT2D eigenvalue weighted by molar-refractivity contribution is -0.394. The average molecular weight is 432 g/mol. The molecule has 0 unspecified atom stereocenters. The zero-order valence-corrected chi connectivity index (χ0v) is 16.1. The maximum atomic E-state index is 12.1. The Labute approximate surface area is 174 Å². The summed E-state index contributed by atoms with van der Waals surface area (Å²) >= 11 is 5.01. The van der Waals surface area contributed by atoms with Crippen LogP contribution < -0.4 is 21.5 Å². The number of non-ortho nitro benzene ring substituents is 2. The highest BCUT2D eigenvalue weighted by Gasteiger charge is 2.20. The normalized spacial score (nSPS) is 9.87. The zero-order valence-electron chi connectivity index (χ0n) is 15.3. The molecule has 0 aliphatic rings. The van der Waals surface area contributed by atoms with Crippen molar-refractivity contribution in [3.63, 3.8) is 0 Å². The standard InChI is InChI=1S/C17H16N6O6S/c24-15(20-21-17(30)19-9-11-4-2-1-3-5-11)10-18-16(25)12-6-13(22(26)27)8-14(7-12)23(28)29/h1-8H,9-10H2,(H,18,25)(H,20,24)(H2,19,21,30). The van der Waals surface area contributed by atoms with Crippen molar-refractivity contribution in [3.8, 4) is 0 Å². The number of nitrogens with one attached hydrogen (secondary N) is 4. The highest BCUT2D eigenvalue weighted by molar-refractivity contribution is 7.80. The number of thiocarbonyl (C=S) groups is 1. The minimum atomic E-state index is -0.887. The molecule has 0 aliphatic carbocycles. The Morgan fingerprint density at radius 1 is 0.900 bits per heavy atom. The van der Waals surface area contributed by atoms with Crippen molar-refractivity contribution < 1.29 is 19.4 Å². The van der Waals surface area contributed by atoms with Gasteiger partial charge in [-0.25, -0.2) is 0 Å². The van der Waals surface area contributed by atoms with E-state index in [4.69, 9.17) is 12.2 Å². The van der Waals surface area contributed by atoms with Crippen LogP contribution in [0.15, 0.2) is 48.5 Å². The van der Waals surface area contributed by atoms with Crippen LogP contribution in [0.25, 0.3) is 0 Å². The van der Waals surface area contributed by atoms with E-state index in [-0.39, 0.29) is 10.7 Å². The lowest BCUT2D eigenvalue weighted by Crippen LogP contribution is -2.49. The van der Waals surface area contributed by atoms with E-state index < -0.39 is 39.6 Å². The van der Waals surface area contributed by atoms with Crippen LogP contribution in [0.4, 0.5) is 11.4 Å². The molecule has 0 radical (unpaired) electrons. The average Bonchev–Trinajstić information content (AvgIpc) is 2.74. The third kappa shape index (κ3) is 6.79. The lowest BCUT2D eigenvalue weighted by atomic mass is 10.1. The van der Waals surface area contributed by atoms with E-state index in [0.717, 1.165) is 23.8 Å². The molecule has 156 valence electrons. The number of nitro benzene ring substituents is 2. The van der Waals surface area contributed by atoms with Crippen molar-refractivity contribution in [3.05, 3.63) is 79.9 Å². The molecule has 13 heteroatoms. The maximum Gasteiger partial charge on any atom is 0.277 e. The molecule has 30 heavy (non-hydrogen) atoms. The first kappa shape index (κ1) is 22.2. The Hall–Kier alpha value is -4.13. The molecule has 0 saturated carbocycles. The summed E-state index contributed by atoms with van der Waals surface area (Å²) in [7, 11) is 0. The van der Waals surface area contributed by atoms with Crippen LogP contribution in [0.5, 0.6) is 0 Å². The first-order valence-electron chi connectivity index (χ1n) is 8.35. The summed E-state index contributed by atoms with van der Waals surface area (Å²) in [5, 5.41) is 27.0. The van der Waals surface area contributed by atoms with Crippen LogP contribution in [-0.2, 0) is 11.3 Å². The number of carbonyl (C=O) groups excluding carboxylic acids is 2. The van der Waals surface area contributed by atoms with Crippen molar-refractivity contribution in [2.24, 2.45) is 0 Å². The molecule has 2 rings (SSSR count). The fourth-order valence-corrected chi connectivity index (χ4v) is 2.32. The zero-order chi connectivity index (χ0) is 22.1. The molecule has 2 amide bonds. The Balaban J connectivity index is 1.82. The second-order valence-corrected chi connectivity index (χ2v) is 6.18. The largest absolute Gasteiger partial charge is 0.357 e. The van der Waals surface area contributed by atoms with E-state index in [0.29, 0.717) is 6.54 Å². The van der Waals surface area contributed by atoms with Crippen LogP contribution in [0, 0.1) is 20.2 Å². The number of amides is 2. The van der Waals surface area contributed by atoms with E-state index in [1.165, 1.54) is 0 Å². The molecule has 0 saturated heterocycles. The van der Waals surface area contributed by atoms with Gasteiger partial charge >= 0.3 is 0 Å². The third-order valence-corrected chi connectivity index (χ3v) is 3.85. The van der Waals surface area contributed by atoms with Gasteiger partial charge in [-0.3, -0.25) is 40.7 Å². The van der Waals surface area contributed by atoms with Gasteiger partial charge in [0.05, 0.1) is 28.0 Å². The molecular formula is C17H16N6O6S. The van der Waals surface area contributed by atoms with E-state index in [1.807, 2.05) is 30.3 Å². The smallest absolute Gasteiger partial charge is 0.277 e. The van der Waals surface area contributed by atoms with Gasteiger partial charge in [-0.1, -0.05) is 30.3 Å². The number of benzene rings is 2. The summed E-state index contributed by atoms with van der Waals surface area (Å²) in [6, 6.07) is 11.9. The van der Waals surface area contributed by atoms with Crippen LogP contribution in [0.2, 0.25) is 0 Å². The van der Waals surface area contributed by atoms with Gasteiger partial charge in [0, 0.05) is 18.7 Å². The number of carbonyl (C=O) groups is 2. The molecule has 0 atom stereocenters. The Bertz CT molecular complexity index is 952. The van der Waals surface area contributed by atoms with Crippen molar-refractivity contribution in [1.82, 2.24) is 21.5 Å². The second-order valence-electron chi connectivity index (χ2n) is 5.78. The van der Waals surface area contributed by atoms with Crippen molar-refractivity contribution in [2.75, 3.05) is 6.54 Å². The van der Waals surface area contributed by atoms with Gasteiger partial charge in [0.15, 0.2) is 5.11 Å². The van der Waals surface area contributed by atoms with Crippen LogP contribution in [0.3, 0.4) is 0 Å². The molecule has 0 aromatic heterocycles. The molecule has 0 bridgehead atoms. The Kier molecular flexibility index (Phi) is 7.70. The SMILES string of the molecule is O=C(CNC(=O)c1cc([N+](=O)[O-])cc([N+](=O)[O-])c1)NNC(=S)NCc1ccccc1. The quantitative estimate of drug-likeness (QED) is 0.282. The number of nitro groups is 2. The van der Waals surface area contributed by atoms with Crippen LogP contribution in [-0.4, -0.2) is 33.3 Å². The van der Waals surface area contributed by atoms with E-state index in [9.17, 15) is 29.8 Å². The number of hydrazine groups is 1. The fraction of sp³-hybridized carbons (Fsp3) is 0.118. The topological polar surface area (TPSA) is 169 Å². The molecule has 0 aliphatic heterocycles. The Morgan fingerprint density at radius 3 is 2.07 bits per heavy atom. The lowest BCUT2D eigenvalue weighted by Gasteiger charge is -2.12. The summed E-state index contributed by atoms with van der Waals surface area (Å²) in [5.74, 6) is -1.55. The molecule has 0 heterocycles. The van der Waals surface area contributed by atoms with Crippen molar-refractivity contribution in [1.29, 1.82) is 0 Å². The van der Waals surface area contributed by atoms with E-state index in [2.05, 4.69) is 21.5 Å². The number of hydrogen-bond acceptors (Lipinski definition) is 7. The highest BCUT2D eigenvalue weighted by atomic mass is 32.1. The number of nitrogens with zero attached hydrogens (tertiary/aromatic N) is 2. The Morgan fingerprint density at radius 2 is 1.50 bits per heavy atom. The van der Waals surface area contributed by atoms with Crippen molar-refractivity contribution >= 4 is 40.5 Å². The number of hydrogen-bond donors (Lipinski definition) is 4. The monoisotopic (exact) mass is 432 g/mol. The van der Waals surface area contributed by atoms with Crippen LogP contribution in [0.1, 0.15) is 15.9 Å². The van der Waals surface area contributed by atoms with Crippen LogP contribution >= 0.6 is 12.2 Å². The summed E-state index contributed by atoms with van der Waals surface area (Å²) in [5.41, 5.74) is 4.14. The molecule has 0 fully saturated rings. The van der Waals surface area contributed by atoms with Gasteiger partial charge in [-0.15, -0.1) is 0 Å². The second kappa shape index (κ2) is 10.4. The maximum absolute atomic E-state index is 12.1. The van der Waals surface area contributed by atoms with E-state index in [1.54, 1.807) is 0 Å². The summed E-state index contributed by atoms with van der Waals surface area (Å²) < 4.78 is 0. The number of rotatable bonds is 7. The molecule has 2 aromatic rings. The molecule has 4 N–H and O–H groups in total. The van der Waals surface area contributed by atoms with Gasteiger partial charge < -0.3 is 10.6 Å². The van der Waals surface area contributed by atoms with Gasteiger partial charge in [0.25, 0.3) is 23.2 Å². The minimum absolute atomic E-state index is 0.146. The first-order valence-corrected chi connectivity index (χ1v) is 8.76. The van der Waals surface area contributed by atoms with Gasteiger partial charge in [-0.05, 0) is 17.8 Å². The van der Waals surface area contributed by atoms with Gasteiger partial charge in [0.1, 0.15) is 0 Å². The van der Waals surface area contributed by atoms with E-state index >= 15 is 0 Å². The van der Waals surface area contributed by atoms with Gasteiger partial charge in [-0.2, -0.15) is 0 Å². The first-order chi connectivity index (χ1) is 14.3. The molecule has 2 aromatic carbocycles. The summed E-state index contributed by atoms with van der Waals surface area (Å²) in [4.78, 5) is 43.9. The third-order valence-electron chi connectivity index (χ3n) is 3.61. The fourth-order valence-electron chi connectivity index (χ4n) is 2.19.